The Morgan fingerprint density at radius 2 is 2.21 bits per heavy atom. The summed E-state index contributed by atoms with van der Waals surface area (Å²) in [4.78, 5) is 11.5. The van der Waals surface area contributed by atoms with Crippen LogP contribution in [0.5, 0.6) is 0 Å². The number of likely N-dealkylation sites (N-methyl/N-ethyl adjacent to an activating group) is 1. The molecule has 1 aliphatic heterocycles. The predicted molar refractivity (Wildman–Crippen MR) is 53.3 cm³/mol. The number of nitrogens with zero attached hydrogens (tertiary/aromatic N) is 1. The second-order valence-electron chi connectivity index (χ2n) is 3.43. The summed E-state index contributed by atoms with van der Waals surface area (Å²) < 4.78 is 23.9. The smallest absolute Gasteiger partial charge is 0.238 e. The van der Waals surface area contributed by atoms with Gasteiger partial charge in [-0.3, -0.25) is 4.79 Å². The fraction of sp³-hybridized carbons (Fsp3) is 0.875. The van der Waals surface area contributed by atoms with Crippen LogP contribution in [0.1, 0.15) is 19.8 Å². The minimum atomic E-state index is -3.24. The second kappa shape index (κ2) is 4.27. The Morgan fingerprint density at radius 1 is 1.57 bits per heavy atom. The first-order chi connectivity index (χ1) is 6.46. The molecule has 1 heterocycles. The van der Waals surface area contributed by atoms with Gasteiger partial charge in [-0.15, -0.1) is 0 Å². The molecule has 0 aromatic rings. The van der Waals surface area contributed by atoms with Crippen molar-refractivity contribution in [2.45, 2.75) is 25.8 Å². The Balaban J connectivity index is 2.74. The van der Waals surface area contributed by atoms with Gasteiger partial charge in [-0.25, -0.2) is 8.42 Å². The van der Waals surface area contributed by atoms with Crippen molar-refractivity contribution in [1.82, 2.24) is 9.62 Å². The standard InChI is InChI=1S/C8H16N2O3S/c1-3-9-8(11)7-5-4-6-10(7)14(2,12)13/h7H,3-6H2,1-2H3,(H,9,11). The van der Waals surface area contributed by atoms with E-state index in [2.05, 4.69) is 5.32 Å². The number of rotatable bonds is 3. The van der Waals surface area contributed by atoms with Gasteiger partial charge in [-0.1, -0.05) is 0 Å². The lowest BCUT2D eigenvalue weighted by Gasteiger charge is -2.20. The van der Waals surface area contributed by atoms with Crippen molar-refractivity contribution in [2.75, 3.05) is 19.3 Å². The van der Waals surface area contributed by atoms with E-state index in [0.29, 0.717) is 19.5 Å². The van der Waals surface area contributed by atoms with Crippen LogP contribution in [0.2, 0.25) is 0 Å². The van der Waals surface area contributed by atoms with Gasteiger partial charge in [-0.05, 0) is 19.8 Å². The molecule has 1 atom stereocenters. The van der Waals surface area contributed by atoms with Gasteiger partial charge in [0.15, 0.2) is 0 Å². The third-order valence-corrected chi connectivity index (χ3v) is 3.57. The minimum absolute atomic E-state index is 0.185. The monoisotopic (exact) mass is 220 g/mol. The van der Waals surface area contributed by atoms with Gasteiger partial charge < -0.3 is 5.32 Å². The lowest BCUT2D eigenvalue weighted by molar-refractivity contribution is -0.124. The van der Waals surface area contributed by atoms with Crippen molar-refractivity contribution < 1.29 is 13.2 Å². The minimum Gasteiger partial charge on any atom is -0.355 e. The Bertz CT molecular complexity index is 313. The van der Waals surface area contributed by atoms with Crippen LogP contribution < -0.4 is 5.32 Å². The maximum absolute atomic E-state index is 11.5. The van der Waals surface area contributed by atoms with Gasteiger partial charge in [0.2, 0.25) is 15.9 Å². The molecule has 0 radical (unpaired) electrons. The molecule has 0 bridgehead atoms. The number of hydrogen-bond donors (Lipinski definition) is 1. The highest BCUT2D eigenvalue weighted by atomic mass is 32.2. The maximum atomic E-state index is 11.5. The number of carbonyl (C=O) groups is 1. The molecule has 5 nitrogen and oxygen atoms in total. The lowest BCUT2D eigenvalue weighted by Crippen LogP contribution is -2.45. The lowest BCUT2D eigenvalue weighted by atomic mass is 10.2. The molecule has 1 unspecified atom stereocenters. The number of amides is 1. The van der Waals surface area contributed by atoms with Gasteiger partial charge >= 0.3 is 0 Å². The van der Waals surface area contributed by atoms with E-state index in [1.165, 1.54) is 4.31 Å². The van der Waals surface area contributed by atoms with Gasteiger partial charge in [0.1, 0.15) is 6.04 Å². The van der Waals surface area contributed by atoms with Gasteiger partial charge in [0.05, 0.1) is 6.26 Å². The molecule has 1 rings (SSSR count). The highest BCUT2D eigenvalue weighted by Crippen LogP contribution is 2.20. The Kier molecular flexibility index (Phi) is 3.49. The third-order valence-electron chi connectivity index (χ3n) is 2.28. The van der Waals surface area contributed by atoms with Crippen molar-refractivity contribution in [3.05, 3.63) is 0 Å². The van der Waals surface area contributed by atoms with Crippen LogP contribution in [0.15, 0.2) is 0 Å². The van der Waals surface area contributed by atoms with Crippen LogP contribution in [0.25, 0.3) is 0 Å². The molecular formula is C8H16N2O3S. The summed E-state index contributed by atoms with van der Waals surface area (Å²) in [6.45, 7) is 2.81. The molecule has 0 saturated carbocycles. The third kappa shape index (κ3) is 2.45. The van der Waals surface area contributed by atoms with Crippen molar-refractivity contribution >= 4 is 15.9 Å². The van der Waals surface area contributed by atoms with Crippen molar-refractivity contribution in [1.29, 1.82) is 0 Å². The first kappa shape index (κ1) is 11.5. The molecule has 82 valence electrons. The maximum Gasteiger partial charge on any atom is 0.238 e. The zero-order valence-electron chi connectivity index (χ0n) is 8.49. The molecule has 14 heavy (non-hydrogen) atoms. The Morgan fingerprint density at radius 3 is 2.71 bits per heavy atom. The Labute approximate surface area is 84.5 Å². The van der Waals surface area contributed by atoms with E-state index in [1.807, 2.05) is 6.92 Å². The van der Waals surface area contributed by atoms with Crippen molar-refractivity contribution in [2.24, 2.45) is 0 Å². The molecule has 0 aliphatic carbocycles. The molecule has 1 aliphatic rings. The quantitative estimate of drug-likeness (QED) is 0.700. The molecule has 0 spiro atoms. The van der Waals surface area contributed by atoms with E-state index in [1.54, 1.807) is 0 Å². The summed E-state index contributed by atoms with van der Waals surface area (Å²) >= 11 is 0. The zero-order valence-corrected chi connectivity index (χ0v) is 9.30. The molecule has 6 heteroatoms. The summed E-state index contributed by atoms with van der Waals surface area (Å²) in [5.41, 5.74) is 0. The first-order valence-electron chi connectivity index (χ1n) is 4.71. The van der Waals surface area contributed by atoms with Gasteiger partial charge in [-0.2, -0.15) is 4.31 Å². The van der Waals surface area contributed by atoms with Crippen LogP contribution in [-0.2, 0) is 14.8 Å². The second-order valence-corrected chi connectivity index (χ2v) is 5.36. The average molecular weight is 220 g/mol. The number of sulfonamides is 1. The molecule has 1 N–H and O–H groups in total. The predicted octanol–water partition coefficient (Wildman–Crippen LogP) is -0.453. The van der Waals surface area contributed by atoms with E-state index in [4.69, 9.17) is 0 Å². The topological polar surface area (TPSA) is 66.5 Å². The summed E-state index contributed by atoms with van der Waals surface area (Å²) in [6, 6.07) is -0.495. The van der Waals surface area contributed by atoms with E-state index in [0.717, 1.165) is 12.7 Å². The van der Waals surface area contributed by atoms with E-state index in [-0.39, 0.29) is 5.91 Å². The fourth-order valence-electron chi connectivity index (χ4n) is 1.69. The molecule has 0 aromatic heterocycles. The van der Waals surface area contributed by atoms with Crippen LogP contribution in [-0.4, -0.2) is 44.0 Å². The first-order valence-corrected chi connectivity index (χ1v) is 6.56. The van der Waals surface area contributed by atoms with E-state index < -0.39 is 16.1 Å². The largest absolute Gasteiger partial charge is 0.355 e. The zero-order chi connectivity index (χ0) is 10.8. The summed E-state index contributed by atoms with van der Waals surface area (Å²) in [7, 11) is -3.24. The SMILES string of the molecule is CCNC(=O)C1CCCN1S(C)(=O)=O. The number of nitrogens with one attached hydrogen (secondary N) is 1. The van der Waals surface area contributed by atoms with Crippen LogP contribution in [0.3, 0.4) is 0 Å². The normalized spacial score (nSPS) is 23.7. The fourth-order valence-corrected chi connectivity index (χ4v) is 2.82. The van der Waals surface area contributed by atoms with E-state index in [9.17, 15) is 13.2 Å². The molecule has 0 aromatic carbocycles. The van der Waals surface area contributed by atoms with Crippen molar-refractivity contribution in [3.8, 4) is 0 Å². The van der Waals surface area contributed by atoms with Crippen molar-refractivity contribution in [3.63, 3.8) is 0 Å². The number of hydrogen-bond acceptors (Lipinski definition) is 3. The molecule has 1 amide bonds. The molecule has 1 saturated heterocycles. The van der Waals surface area contributed by atoms with E-state index >= 15 is 0 Å². The summed E-state index contributed by atoms with van der Waals surface area (Å²) in [5, 5.41) is 2.64. The molecular weight excluding hydrogens is 204 g/mol. The van der Waals surface area contributed by atoms with Crippen LogP contribution in [0, 0.1) is 0 Å². The summed E-state index contributed by atoms with van der Waals surface area (Å²) in [5.74, 6) is -0.185. The van der Waals surface area contributed by atoms with Gasteiger partial charge in [0.25, 0.3) is 0 Å². The molecule has 1 fully saturated rings. The Hall–Kier alpha value is -0.620. The van der Waals surface area contributed by atoms with Crippen LogP contribution in [0.4, 0.5) is 0 Å². The summed E-state index contributed by atoms with van der Waals surface area (Å²) in [6.07, 6.45) is 2.53. The highest BCUT2D eigenvalue weighted by Gasteiger charge is 2.35. The number of carbonyl (C=O) groups excluding carboxylic acids is 1. The average Bonchev–Trinajstić information content (AvgIpc) is 2.50. The van der Waals surface area contributed by atoms with Crippen LogP contribution >= 0.6 is 0 Å². The van der Waals surface area contributed by atoms with Gasteiger partial charge in [0, 0.05) is 13.1 Å². The highest BCUT2D eigenvalue weighted by molar-refractivity contribution is 7.88.